The van der Waals surface area contributed by atoms with Crippen LogP contribution in [-0.2, 0) is 9.59 Å². The van der Waals surface area contributed by atoms with E-state index in [0.717, 1.165) is 12.1 Å². The zero-order valence-corrected chi connectivity index (χ0v) is 11.6. The number of anilines is 2. The molecule has 0 radical (unpaired) electrons. The molecule has 0 bridgehead atoms. The van der Waals surface area contributed by atoms with Crippen LogP contribution in [0.25, 0.3) is 0 Å². The van der Waals surface area contributed by atoms with Crippen LogP contribution in [-0.4, -0.2) is 24.4 Å². The number of benzene rings is 1. The van der Waals surface area contributed by atoms with Gasteiger partial charge < -0.3 is 16.0 Å². The summed E-state index contributed by atoms with van der Waals surface area (Å²) in [5.74, 6) is -0.161. The minimum absolute atomic E-state index is 0. The number of hydrogen-bond acceptors (Lipinski definition) is 3. The molecule has 1 heterocycles. The molecule has 5 nitrogen and oxygen atoms in total. The van der Waals surface area contributed by atoms with Gasteiger partial charge in [-0.25, -0.2) is 0 Å². The summed E-state index contributed by atoms with van der Waals surface area (Å²) in [5, 5.41) is 2.75. The molecule has 1 aromatic carbocycles. The Bertz CT molecular complexity index is 477. The zero-order valence-electron chi connectivity index (χ0n) is 10.8. The van der Waals surface area contributed by atoms with Crippen LogP contribution in [0.3, 0.4) is 0 Å². The first-order valence-electron chi connectivity index (χ1n) is 6.05. The van der Waals surface area contributed by atoms with Crippen LogP contribution in [0.1, 0.15) is 19.8 Å². The number of hydrogen-bond donors (Lipinski definition) is 2. The summed E-state index contributed by atoms with van der Waals surface area (Å²) < 4.78 is 0. The molecule has 104 valence electrons. The number of rotatable bonds is 3. The normalized spacial score (nSPS) is 15.9. The third-order valence-corrected chi connectivity index (χ3v) is 2.94. The summed E-state index contributed by atoms with van der Waals surface area (Å²) in [7, 11) is 0. The van der Waals surface area contributed by atoms with Crippen molar-refractivity contribution in [2.24, 2.45) is 5.73 Å². The molecule has 1 aromatic rings. The van der Waals surface area contributed by atoms with Gasteiger partial charge in [0.2, 0.25) is 11.8 Å². The zero-order chi connectivity index (χ0) is 13.1. The van der Waals surface area contributed by atoms with Gasteiger partial charge in [0.05, 0.1) is 17.4 Å². The van der Waals surface area contributed by atoms with Crippen molar-refractivity contribution in [2.45, 2.75) is 25.8 Å². The van der Waals surface area contributed by atoms with Crippen molar-refractivity contribution in [3.63, 3.8) is 0 Å². The lowest BCUT2D eigenvalue weighted by atomic mass is 10.2. The van der Waals surface area contributed by atoms with E-state index in [9.17, 15) is 9.59 Å². The molecule has 1 atom stereocenters. The molecule has 0 saturated carbocycles. The summed E-state index contributed by atoms with van der Waals surface area (Å²) in [6.45, 7) is 2.32. The minimum Gasteiger partial charge on any atom is -0.323 e. The van der Waals surface area contributed by atoms with Gasteiger partial charge in [0.1, 0.15) is 0 Å². The van der Waals surface area contributed by atoms with E-state index in [0.29, 0.717) is 18.7 Å². The van der Waals surface area contributed by atoms with Crippen molar-refractivity contribution in [3.8, 4) is 0 Å². The van der Waals surface area contributed by atoms with Crippen molar-refractivity contribution < 1.29 is 9.59 Å². The Balaban J connectivity index is 0.00000180. The van der Waals surface area contributed by atoms with E-state index in [-0.39, 0.29) is 24.2 Å². The molecule has 0 spiro atoms. The van der Waals surface area contributed by atoms with E-state index in [1.807, 2.05) is 18.2 Å². The lowest BCUT2D eigenvalue weighted by molar-refractivity contribution is -0.118. The monoisotopic (exact) mass is 283 g/mol. The highest BCUT2D eigenvalue weighted by atomic mass is 35.5. The average Bonchev–Trinajstić information content (AvgIpc) is 2.76. The highest BCUT2D eigenvalue weighted by Crippen LogP contribution is 2.29. The van der Waals surface area contributed by atoms with E-state index in [4.69, 9.17) is 5.73 Å². The third-order valence-electron chi connectivity index (χ3n) is 2.94. The second-order valence-electron chi connectivity index (χ2n) is 4.44. The quantitative estimate of drug-likeness (QED) is 0.883. The Kier molecular flexibility index (Phi) is 5.32. The highest BCUT2D eigenvalue weighted by Gasteiger charge is 2.24. The van der Waals surface area contributed by atoms with Crippen LogP contribution in [0.15, 0.2) is 24.3 Å². The topological polar surface area (TPSA) is 75.4 Å². The molecule has 1 aliphatic rings. The van der Waals surface area contributed by atoms with Gasteiger partial charge in [-0.2, -0.15) is 0 Å². The molecule has 2 amide bonds. The van der Waals surface area contributed by atoms with Gasteiger partial charge in [0.15, 0.2) is 0 Å². The number of halogens is 1. The van der Waals surface area contributed by atoms with Crippen LogP contribution in [0.5, 0.6) is 0 Å². The smallest absolute Gasteiger partial charge is 0.241 e. The van der Waals surface area contributed by atoms with Gasteiger partial charge in [0, 0.05) is 13.0 Å². The second kappa shape index (κ2) is 6.54. The first kappa shape index (κ1) is 15.5. The molecule has 6 heteroatoms. The predicted octanol–water partition coefficient (Wildman–Crippen LogP) is 1.52. The van der Waals surface area contributed by atoms with Gasteiger partial charge in [-0.3, -0.25) is 9.59 Å². The Morgan fingerprint density at radius 3 is 2.68 bits per heavy atom. The number of nitrogens with one attached hydrogen (secondary N) is 1. The molecule has 1 aliphatic heterocycles. The maximum atomic E-state index is 11.7. The van der Waals surface area contributed by atoms with Gasteiger partial charge in [-0.05, 0) is 25.5 Å². The van der Waals surface area contributed by atoms with E-state index >= 15 is 0 Å². The summed E-state index contributed by atoms with van der Waals surface area (Å²) in [6, 6.07) is 6.71. The predicted molar refractivity (Wildman–Crippen MR) is 77.6 cm³/mol. The van der Waals surface area contributed by atoms with Crippen molar-refractivity contribution in [2.75, 3.05) is 16.8 Å². The summed E-state index contributed by atoms with van der Waals surface area (Å²) in [4.78, 5) is 25.1. The summed E-state index contributed by atoms with van der Waals surface area (Å²) in [6.07, 6.45) is 1.42. The van der Waals surface area contributed by atoms with Crippen LogP contribution < -0.4 is 16.0 Å². The molecule has 0 unspecified atom stereocenters. The number of nitrogens with two attached hydrogens (primary N) is 1. The average molecular weight is 284 g/mol. The molecule has 19 heavy (non-hydrogen) atoms. The van der Waals surface area contributed by atoms with E-state index < -0.39 is 6.04 Å². The van der Waals surface area contributed by atoms with Gasteiger partial charge in [-0.1, -0.05) is 12.1 Å². The maximum Gasteiger partial charge on any atom is 0.241 e. The number of carbonyl (C=O) groups excluding carboxylic acids is 2. The molecule has 0 aliphatic carbocycles. The van der Waals surface area contributed by atoms with Crippen LogP contribution in [0, 0.1) is 0 Å². The SMILES string of the molecule is C[C@H](N)C(=O)Nc1ccccc1N1CCCC1=O.Cl. The fraction of sp³-hybridized carbons (Fsp3) is 0.385. The van der Waals surface area contributed by atoms with Crippen LogP contribution in [0.2, 0.25) is 0 Å². The Morgan fingerprint density at radius 1 is 1.42 bits per heavy atom. The summed E-state index contributed by atoms with van der Waals surface area (Å²) >= 11 is 0. The summed E-state index contributed by atoms with van der Waals surface area (Å²) in [5.41, 5.74) is 6.90. The third kappa shape index (κ3) is 3.45. The Hall–Kier alpha value is -1.59. The largest absolute Gasteiger partial charge is 0.323 e. The van der Waals surface area contributed by atoms with Crippen LogP contribution >= 0.6 is 12.4 Å². The van der Waals surface area contributed by atoms with Crippen molar-refractivity contribution in [1.82, 2.24) is 0 Å². The fourth-order valence-corrected chi connectivity index (χ4v) is 1.96. The van der Waals surface area contributed by atoms with Crippen LogP contribution in [0.4, 0.5) is 11.4 Å². The lowest BCUT2D eigenvalue weighted by Crippen LogP contribution is -2.33. The van der Waals surface area contributed by atoms with Gasteiger partial charge in [-0.15, -0.1) is 12.4 Å². The van der Waals surface area contributed by atoms with E-state index in [2.05, 4.69) is 5.32 Å². The fourth-order valence-electron chi connectivity index (χ4n) is 1.96. The number of para-hydroxylation sites is 2. The van der Waals surface area contributed by atoms with Gasteiger partial charge in [0.25, 0.3) is 0 Å². The molecular weight excluding hydrogens is 266 g/mol. The molecule has 1 saturated heterocycles. The van der Waals surface area contributed by atoms with Gasteiger partial charge >= 0.3 is 0 Å². The first-order chi connectivity index (χ1) is 8.59. The highest BCUT2D eigenvalue weighted by molar-refractivity contribution is 6.03. The van der Waals surface area contributed by atoms with Crippen molar-refractivity contribution >= 4 is 35.6 Å². The van der Waals surface area contributed by atoms with E-state index in [1.54, 1.807) is 17.9 Å². The number of amides is 2. The Morgan fingerprint density at radius 2 is 2.11 bits per heavy atom. The number of nitrogens with zero attached hydrogens (tertiary/aromatic N) is 1. The molecule has 0 aromatic heterocycles. The maximum absolute atomic E-state index is 11.7. The molecular formula is C13H18ClN3O2. The first-order valence-corrected chi connectivity index (χ1v) is 6.05. The minimum atomic E-state index is -0.577. The Labute approximate surface area is 118 Å². The molecule has 3 N–H and O–H groups in total. The second-order valence-corrected chi connectivity index (χ2v) is 4.44. The molecule has 1 fully saturated rings. The standard InChI is InChI=1S/C13H17N3O2.ClH/c1-9(14)13(18)15-10-5-2-3-6-11(10)16-8-4-7-12(16)17;/h2-3,5-6,9H,4,7-8,14H2,1H3,(H,15,18);1H/t9-;/m0./s1. The van der Waals surface area contributed by atoms with Crippen molar-refractivity contribution in [3.05, 3.63) is 24.3 Å². The lowest BCUT2D eigenvalue weighted by Gasteiger charge is -2.20. The van der Waals surface area contributed by atoms with E-state index in [1.165, 1.54) is 0 Å². The number of carbonyl (C=O) groups is 2. The molecule has 2 rings (SSSR count). The van der Waals surface area contributed by atoms with Crippen molar-refractivity contribution in [1.29, 1.82) is 0 Å².